The van der Waals surface area contributed by atoms with Crippen LogP contribution in [0.1, 0.15) is 59.9 Å². The number of hydrogen-bond acceptors (Lipinski definition) is 3. The Kier molecular flexibility index (Phi) is 9.75. The molecule has 5 heteroatoms. The Hall–Kier alpha value is -0.203. The van der Waals surface area contributed by atoms with Crippen LogP contribution in [0, 0.1) is 0 Å². The first kappa shape index (κ1) is 21.8. The summed E-state index contributed by atoms with van der Waals surface area (Å²) in [6.07, 6.45) is 3.57. The highest BCUT2D eigenvalue weighted by Gasteiger charge is 2.43. The van der Waals surface area contributed by atoms with Gasteiger partial charge in [-0.15, -0.1) is 0 Å². The van der Waals surface area contributed by atoms with E-state index in [0.717, 1.165) is 29.8 Å². The third-order valence-electron chi connectivity index (χ3n) is 3.36. The summed E-state index contributed by atoms with van der Waals surface area (Å²) in [5.74, 6) is 0. The van der Waals surface area contributed by atoms with Crippen LogP contribution < -0.4 is 0 Å². The van der Waals surface area contributed by atoms with Gasteiger partial charge in [0.05, 0.1) is 0 Å². The van der Waals surface area contributed by atoms with E-state index < -0.39 is 8.80 Å². The Morgan fingerprint density at radius 2 is 1.25 bits per heavy atom. The van der Waals surface area contributed by atoms with E-state index in [4.69, 9.17) is 13.3 Å². The lowest BCUT2D eigenvalue weighted by molar-refractivity contribution is 0.00281. The molecule has 0 N–H and O–H groups in total. The summed E-state index contributed by atoms with van der Waals surface area (Å²) in [6, 6.07) is 9.42. The van der Waals surface area contributed by atoms with Crippen LogP contribution in [-0.4, -0.2) is 27.1 Å². The molecule has 0 aliphatic heterocycles. The van der Waals surface area contributed by atoms with E-state index in [-0.39, 0.29) is 18.3 Å². The van der Waals surface area contributed by atoms with Crippen molar-refractivity contribution >= 4 is 24.7 Å². The second-order valence-electron chi connectivity index (χ2n) is 7.02. The summed E-state index contributed by atoms with van der Waals surface area (Å²) in [4.78, 5) is 0. The first-order valence-corrected chi connectivity index (χ1v) is 11.7. The highest BCUT2D eigenvalue weighted by atomic mass is 79.9. The van der Waals surface area contributed by atoms with E-state index in [0.29, 0.717) is 0 Å². The van der Waals surface area contributed by atoms with Crippen molar-refractivity contribution in [2.24, 2.45) is 0 Å². The van der Waals surface area contributed by atoms with Crippen molar-refractivity contribution < 1.29 is 13.3 Å². The second-order valence-corrected chi connectivity index (χ2v) is 10.5. The molecule has 0 unspecified atom stereocenters. The zero-order valence-electron chi connectivity index (χ0n) is 16.0. The molecule has 3 nitrogen and oxygen atoms in total. The molecule has 0 aliphatic carbocycles. The van der Waals surface area contributed by atoms with Crippen LogP contribution in [0.5, 0.6) is 0 Å². The minimum Gasteiger partial charge on any atom is -0.371 e. The molecule has 24 heavy (non-hydrogen) atoms. The minimum atomic E-state index is -2.64. The number of benzene rings is 1. The zero-order valence-corrected chi connectivity index (χ0v) is 18.6. The normalized spacial score (nSPS) is 12.6. The van der Waals surface area contributed by atoms with Crippen molar-refractivity contribution in [2.45, 2.75) is 85.2 Å². The number of halogens is 1. The van der Waals surface area contributed by atoms with E-state index >= 15 is 0 Å². The van der Waals surface area contributed by atoms with Crippen molar-refractivity contribution in [3.05, 3.63) is 34.3 Å². The van der Waals surface area contributed by atoms with Gasteiger partial charge < -0.3 is 13.3 Å². The molecule has 0 spiro atoms. The van der Waals surface area contributed by atoms with Crippen molar-refractivity contribution in [3.8, 4) is 0 Å². The van der Waals surface area contributed by atoms with Crippen molar-refractivity contribution in [1.29, 1.82) is 0 Å². The van der Waals surface area contributed by atoms with Crippen LogP contribution in [0.4, 0.5) is 0 Å². The standard InChI is InChI=1S/C19H33BrO3Si/c1-15(2)21-24(22-16(3)4,23-17(5)6)14-8-7-9-18-10-12-19(20)13-11-18/h10-13,15-17H,7-9,14H2,1-6H3. The first-order chi connectivity index (χ1) is 11.2. The Balaban J connectivity index is 2.63. The van der Waals surface area contributed by atoms with Gasteiger partial charge in [0.25, 0.3) is 0 Å². The van der Waals surface area contributed by atoms with Crippen molar-refractivity contribution in [1.82, 2.24) is 0 Å². The minimum absolute atomic E-state index is 0.112. The van der Waals surface area contributed by atoms with Crippen LogP contribution in [0.2, 0.25) is 6.04 Å². The molecule has 0 radical (unpaired) electrons. The molecule has 1 rings (SSSR count). The van der Waals surface area contributed by atoms with Gasteiger partial charge in [-0.05, 0) is 78.5 Å². The lowest BCUT2D eigenvalue weighted by atomic mass is 10.1. The van der Waals surface area contributed by atoms with Gasteiger partial charge in [0.2, 0.25) is 0 Å². The van der Waals surface area contributed by atoms with Gasteiger partial charge in [0, 0.05) is 28.8 Å². The largest absolute Gasteiger partial charge is 0.501 e. The van der Waals surface area contributed by atoms with Crippen LogP contribution in [0.3, 0.4) is 0 Å². The first-order valence-electron chi connectivity index (χ1n) is 9.00. The lowest BCUT2D eigenvalue weighted by Crippen LogP contribution is -2.50. The van der Waals surface area contributed by atoms with Gasteiger partial charge in [0.1, 0.15) is 0 Å². The average Bonchev–Trinajstić information content (AvgIpc) is 2.43. The molecule has 0 aromatic heterocycles. The van der Waals surface area contributed by atoms with Gasteiger partial charge >= 0.3 is 8.80 Å². The van der Waals surface area contributed by atoms with Crippen LogP contribution in [0.25, 0.3) is 0 Å². The molecule has 1 aromatic rings. The fourth-order valence-corrected chi connectivity index (χ4v) is 6.28. The fraction of sp³-hybridized carbons (Fsp3) is 0.684. The predicted octanol–water partition coefficient (Wildman–Crippen LogP) is 5.99. The monoisotopic (exact) mass is 416 g/mol. The number of unbranched alkanes of at least 4 members (excludes halogenated alkanes) is 1. The summed E-state index contributed by atoms with van der Waals surface area (Å²) in [5, 5.41) is 0. The quantitative estimate of drug-likeness (QED) is 0.327. The van der Waals surface area contributed by atoms with Gasteiger partial charge in [-0.1, -0.05) is 28.1 Å². The summed E-state index contributed by atoms with van der Waals surface area (Å²) < 4.78 is 19.8. The Labute approximate surface area is 157 Å². The summed E-state index contributed by atoms with van der Waals surface area (Å²) in [7, 11) is -2.64. The second kappa shape index (κ2) is 10.7. The number of hydrogen-bond donors (Lipinski definition) is 0. The molecule has 138 valence electrons. The van der Waals surface area contributed by atoms with Gasteiger partial charge in [-0.2, -0.15) is 0 Å². The Bertz CT molecular complexity index is 434. The predicted molar refractivity (Wildman–Crippen MR) is 106 cm³/mol. The molecular formula is C19H33BrO3Si. The van der Waals surface area contributed by atoms with E-state index in [1.807, 2.05) is 0 Å². The molecule has 0 bridgehead atoms. The van der Waals surface area contributed by atoms with Crippen molar-refractivity contribution in [3.63, 3.8) is 0 Å². The van der Waals surface area contributed by atoms with Crippen LogP contribution in [0.15, 0.2) is 28.7 Å². The van der Waals surface area contributed by atoms with Gasteiger partial charge in [0.15, 0.2) is 0 Å². The SMILES string of the molecule is CC(C)O[Si](CCCCc1ccc(Br)cc1)(OC(C)C)OC(C)C. The molecule has 0 atom stereocenters. The molecule has 0 heterocycles. The van der Waals surface area contributed by atoms with E-state index in [1.165, 1.54) is 5.56 Å². The van der Waals surface area contributed by atoms with E-state index in [9.17, 15) is 0 Å². The summed E-state index contributed by atoms with van der Waals surface area (Å²) in [6.45, 7) is 12.3. The molecule has 0 saturated heterocycles. The maximum absolute atomic E-state index is 6.22. The van der Waals surface area contributed by atoms with Gasteiger partial charge in [-0.25, -0.2) is 0 Å². The lowest BCUT2D eigenvalue weighted by Gasteiger charge is -2.34. The third-order valence-corrected chi connectivity index (χ3v) is 7.34. The average molecular weight is 417 g/mol. The third kappa shape index (κ3) is 8.76. The van der Waals surface area contributed by atoms with Crippen LogP contribution in [-0.2, 0) is 19.7 Å². The van der Waals surface area contributed by atoms with E-state index in [1.54, 1.807) is 0 Å². The summed E-state index contributed by atoms with van der Waals surface area (Å²) in [5.41, 5.74) is 1.37. The molecule has 0 amide bonds. The highest BCUT2D eigenvalue weighted by Crippen LogP contribution is 2.25. The highest BCUT2D eigenvalue weighted by molar-refractivity contribution is 9.10. The van der Waals surface area contributed by atoms with E-state index in [2.05, 4.69) is 81.7 Å². The summed E-state index contributed by atoms with van der Waals surface area (Å²) >= 11 is 3.48. The maximum Gasteiger partial charge on any atom is 0.501 e. The van der Waals surface area contributed by atoms with Crippen LogP contribution >= 0.6 is 15.9 Å². The Morgan fingerprint density at radius 1 is 0.792 bits per heavy atom. The maximum atomic E-state index is 6.22. The molecule has 0 fully saturated rings. The molecule has 0 saturated carbocycles. The molecule has 1 aromatic carbocycles. The fourth-order valence-electron chi connectivity index (χ4n) is 2.66. The molecular weight excluding hydrogens is 384 g/mol. The number of aryl methyl sites for hydroxylation is 1. The topological polar surface area (TPSA) is 27.7 Å². The zero-order chi connectivity index (χ0) is 18.2. The number of rotatable bonds is 11. The van der Waals surface area contributed by atoms with Gasteiger partial charge in [-0.3, -0.25) is 0 Å². The Morgan fingerprint density at radius 3 is 1.67 bits per heavy atom. The smallest absolute Gasteiger partial charge is 0.371 e. The molecule has 0 aliphatic rings. The van der Waals surface area contributed by atoms with Crippen molar-refractivity contribution in [2.75, 3.05) is 0 Å².